The standard InChI is InChI=1S/C27H37N3O7S2/c1-6-8-10-17(11-9-7-2)37-27(34)36-14-35-26(33)22-19(15(3)21-20(16(4)31)24(32)30(21)22)18-12-29-13-28-23(38-5)25(29)39-18/h12-13,15-17,20-21,31H,6-11,14H2,1-5H3/t15-,16+,20+,21+/m0/s1. The quantitative estimate of drug-likeness (QED) is 0.150. The van der Waals surface area contributed by atoms with E-state index in [2.05, 4.69) is 18.8 Å². The Morgan fingerprint density at radius 2 is 1.90 bits per heavy atom. The Morgan fingerprint density at radius 3 is 2.51 bits per heavy atom. The van der Waals surface area contributed by atoms with Gasteiger partial charge in [-0.2, -0.15) is 0 Å². The lowest BCUT2D eigenvalue weighted by Gasteiger charge is -2.46. The van der Waals surface area contributed by atoms with Crippen molar-refractivity contribution in [2.24, 2.45) is 11.8 Å². The molecule has 2 aliphatic heterocycles. The molecule has 1 amide bonds. The number of nitrogens with zero attached hydrogens (tertiary/aromatic N) is 3. The van der Waals surface area contributed by atoms with Crippen molar-refractivity contribution in [2.75, 3.05) is 13.0 Å². The van der Waals surface area contributed by atoms with E-state index in [1.807, 2.05) is 23.8 Å². The zero-order valence-corrected chi connectivity index (χ0v) is 24.7. The smallest absolute Gasteiger partial charge is 0.431 e. The van der Waals surface area contributed by atoms with E-state index in [1.165, 1.54) is 28.0 Å². The van der Waals surface area contributed by atoms with Crippen LogP contribution in [0.2, 0.25) is 0 Å². The maximum Gasteiger partial charge on any atom is 0.511 e. The van der Waals surface area contributed by atoms with Gasteiger partial charge in [-0.1, -0.05) is 46.5 Å². The number of thioether (sulfide) groups is 1. The average Bonchev–Trinajstić information content (AvgIpc) is 3.54. The second-order valence-electron chi connectivity index (χ2n) is 10.0. The number of hydrogen-bond donors (Lipinski definition) is 1. The number of aliphatic hydroxyl groups is 1. The molecule has 0 saturated carbocycles. The molecule has 4 heterocycles. The first-order valence-electron chi connectivity index (χ1n) is 13.5. The van der Waals surface area contributed by atoms with Gasteiger partial charge in [0.2, 0.25) is 12.7 Å². The number of esters is 1. The van der Waals surface area contributed by atoms with E-state index in [0.29, 0.717) is 5.57 Å². The van der Waals surface area contributed by atoms with Crippen molar-refractivity contribution in [1.82, 2.24) is 14.3 Å². The molecule has 0 spiro atoms. The fourth-order valence-corrected chi connectivity index (χ4v) is 7.34. The second-order valence-corrected chi connectivity index (χ2v) is 11.9. The summed E-state index contributed by atoms with van der Waals surface area (Å²) in [6.45, 7) is 7.06. The Hall–Kier alpha value is -2.57. The summed E-state index contributed by atoms with van der Waals surface area (Å²) in [7, 11) is 0. The molecule has 1 saturated heterocycles. The van der Waals surface area contributed by atoms with Gasteiger partial charge in [-0.3, -0.25) is 9.20 Å². The lowest BCUT2D eigenvalue weighted by atomic mass is 9.77. The SMILES string of the molecule is CCCCC(CCCC)OC(=O)OCOC(=O)C1=C(c2cn3cnc(SC)c3s2)[C@H](C)[C@@H]2[C@@H]([C@@H](C)O)C(=O)N12. The third-order valence-corrected chi connectivity index (χ3v) is 9.35. The van der Waals surface area contributed by atoms with Gasteiger partial charge in [0.1, 0.15) is 28.0 Å². The first-order valence-corrected chi connectivity index (χ1v) is 15.5. The normalized spacial score (nSPS) is 21.4. The molecule has 0 unspecified atom stereocenters. The highest BCUT2D eigenvalue weighted by Gasteiger charge is 2.60. The van der Waals surface area contributed by atoms with Gasteiger partial charge in [0.05, 0.1) is 22.9 Å². The number of aromatic nitrogens is 2. The lowest BCUT2D eigenvalue weighted by molar-refractivity contribution is -0.167. The Bertz CT molecular complexity index is 1230. The van der Waals surface area contributed by atoms with Crippen LogP contribution in [-0.2, 0) is 23.8 Å². The molecule has 4 atom stereocenters. The van der Waals surface area contributed by atoms with Gasteiger partial charge in [-0.25, -0.2) is 14.6 Å². The highest BCUT2D eigenvalue weighted by atomic mass is 32.2. The number of carbonyl (C=O) groups is 3. The number of amides is 1. The minimum atomic E-state index is -0.883. The molecule has 10 nitrogen and oxygen atoms in total. The van der Waals surface area contributed by atoms with Gasteiger partial charge in [-0.05, 0) is 26.0 Å². The average molecular weight is 580 g/mol. The minimum Gasteiger partial charge on any atom is -0.431 e. The van der Waals surface area contributed by atoms with Crippen LogP contribution in [0.4, 0.5) is 4.79 Å². The molecule has 12 heteroatoms. The van der Waals surface area contributed by atoms with E-state index in [0.717, 1.165) is 53.3 Å². The van der Waals surface area contributed by atoms with Gasteiger partial charge < -0.3 is 24.2 Å². The first kappa shape index (κ1) is 29.4. The molecular formula is C27H37N3O7S2. The van der Waals surface area contributed by atoms with E-state index in [1.54, 1.807) is 13.3 Å². The third kappa shape index (κ3) is 5.83. The van der Waals surface area contributed by atoms with Crippen molar-refractivity contribution in [3.8, 4) is 0 Å². The van der Waals surface area contributed by atoms with Crippen LogP contribution >= 0.6 is 23.1 Å². The molecule has 0 bridgehead atoms. The van der Waals surface area contributed by atoms with Crippen LogP contribution in [0.25, 0.3) is 10.4 Å². The van der Waals surface area contributed by atoms with Crippen LogP contribution < -0.4 is 0 Å². The number of fused-ring (bicyclic) bond motifs is 2. The minimum absolute atomic E-state index is 0.123. The number of carbonyl (C=O) groups excluding carboxylic acids is 3. The molecule has 4 rings (SSSR count). The van der Waals surface area contributed by atoms with Crippen molar-refractivity contribution in [1.29, 1.82) is 0 Å². The monoisotopic (exact) mass is 579 g/mol. The highest BCUT2D eigenvalue weighted by Crippen LogP contribution is 2.52. The largest absolute Gasteiger partial charge is 0.511 e. The molecule has 0 aromatic carbocycles. The number of hydrogen-bond acceptors (Lipinski definition) is 10. The van der Waals surface area contributed by atoms with Gasteiger partial charge in [0, 0.05) is 17.7 Å². The molecule has 2 aliphatic rings. The van der Waals surface area contributed by atoms with E-state index in [9.17, 15) is 19.5 Å². The molecule has 214 valence electrons. The molecule has 2 aromatic heterocycles. The van der Waals surface area contributed by atoms with Crippen LogP contribution in [0.3, 0.4) is 0 Å². The molecule has 39 heavy (non-hydrogen) atoms. The molecular weight excluding hydrogens is 542 g/mol. The summed E-state index contributed by atoms with van der Waals surface area (Å²) in [4.78, 5) is 46.2. The van der Waals surface area contributed by atoms with Gasteiger partial charge in [0.25, 0.3) is 0 Å². The van der Waals surface area contributed by atoms with Gasteiger partial charge in [0.15, 0.2) is 0 Å². The number of imidazole rings is 1. The Balaban J connectivity index is 1.51. The predicted molar refractivity (Wildman–Crippen MR) is 148 cm³/mol. The Labute approximate surface area is 236 Å². The summed E-state index contributed by atoms with van der Waals surface area (Å²) in [6.07, 6.45) is 8.96. The van der Waals surface area contributed by atoms with Gasteiger partial charge in [-0.15, -0.1) is 23.1 Å². The number of ether oxygens (including phenoxy) is 3. The number of β-lactam (4-membered cyclic amide) rings is 1. The molecule has 1 fully saturated rings. The number of unbranched alkanes of at least 4 members (excludes halogenated alkanes) is 2. The molecule has 0 radical (unpaired) electrons. The van der Waals surface area contributed by atoms with Crippen molar-refractivity contribution < 1.29 is 33.7 Å². The van der Waals surface area contributed by atoms with Crippen molar-refractivity contribution >= 4 is 51.5 Å². The summed E-state index contributed by atoms with van der Waals surface area (Å²) in [5.41, 5.74) is 0.794. The summed E-state index contributed by atoms with van der Waals surface area (Å²) < 4.78 is 17.8. The summed E-state index contributed by atoms with van der Waals surface area (Å²) in [6, 6.07) is -0.363. The van der Waals surface area contributed by atoms with Crippen LogP contribution in [0.1, 0.15) is 71.1 Å². The maximum atomic E-state index is 13.4. The zero-order valence-electron chi connectivity index (χ0n) is 23.0. The van der Waals surface area contributed by atoms with Crippen molar-refractivity contribution in [3.05, 3.63) is 23.1 Å². The van der Waals surface area contributed by atoms with E-state index in [-0.39, 0.29) is 29.7 Å². The third-order valence-electron chi connectivity index (χ3n) is 7.39. The summed E-state index contributed by atoms with van der Waals surface area (Å²) >= 11 is 3.00. The molecule has 2 aromatic rings. The Kier molecular flexibility index (Phi) is 9.60. The van der Waals surface area contributed by atoms with E-state index >= 15 is 0 Å². The summed E-state index contributed by atoms with van der Waals surface area (Å²) in [5.74, 6) is -1.92. The maximum absolute atomic E-state index is 13.4. The number of aliphatic hydroxyl groups excluding tert-OH is 1. The predicted octanol–water partition coefficient (Wildman–Crippen LogP) is 5.09. The van der Waals surface area contributed by atoms with Gasteiger partial charge >= 0.3 is 12.1 Å². The first-order chi connectivity index (χ1) is 18.7. The van der Waals surface area contributed by atoms with Crippen LogP contribution in [0.15, 0.2) is 23.2 Å². The summed E-state index contributed by atoms with van der Waals surface area (Å²) in [5, 5.41) is 11.1. The van der Waals surface area contributed by atoms with Crippen LogP contribution in [0, 0.1) is 11.8 Å². The Morgan fingerprint density at radius 1 is 1.21 bits per heavy atom. The van der Waals surface area contributed by atoms with E-state index < -0.39 is 30.9 Å². The lowest BCUT2D eigenvalue weighted by Crippen LogP contribution is -2.63. The van der Waals surface area contributed by atoms with Crippen LogP contribution in [-0.4, -0.2) is 68.7 Å². The zero-order chi connectivity index (χ0) is 28.3. The molecule has 0 aliphatic carbocycles. The van der Waals surface area contributed by atoms with E-state index in [4.69, 9.17) is 14.2 Å². The number of thiazole rings is 1. The fraction of sp³-hybridized carbons (Fsp3) is 0.630. The van der Waals surface area contributed by atoms with Crippen molar-refractivity contribution in [3.63, 3.8) is 0 Å². The second kappa shape index (κ2) is 12.7. The topological polar surface area (TPSA) is 120 Å². The van der Waals surface area contributed by atoms with Crippen LogP contribution in [0.5, 0.6) is 0 Å². The molecule has 1 N–H and O–H groups in total. The number of rotatable bonds is 13. The van der Waals surface area contributed by atoms with Crippen molar-refractivity contribution in [2.45, 2.75) is 89.5 Å². The highest BCUT2D eigenvalue weighted by molar-refractivity contribution is 7.98. The fourth-order valence-electron chi connectivity index (χ4n) is 5.42.